The molecule has 1 atom stereocenters. The number of nitrogens with zero attached hydrogens (tertiary/aromatic N) is 4. The van der Waals surface area contributed by atoms with Gasteiger partial charge in [-0.15, -0.1) is 5.10 Å². The molecule has 0 spiro atoms. The van der Waals surface area contributed by atoms with Gasteiger partial charge < -0.3 is 9.64 Å². The number of anilines is 1. The molecule has 6 nitrogen and oxygen atoms in total. The second-order valence-corrected chi connectivity index (χ2v) is 4.81. The largest absolute Gasteiger partial charge is 0.435 e. The van der Waals surface area contributed by atoms with Crippen LogP contribution in [0.3, 0.4) is 0 Å². The van der Waals surface area contributed by atoms with Crippen molar-refractivity contribution in [2.75, 3.05) is 19.0 Å². The average molecular weight is 295 g/mol. The maximum Gasteiger partial charge on any atom is 0.304 e. The Morgan fingerprint density at radius 1 is 1.40 bits per heavy atom. The number of ether oxygens (including phenoxy) is 1. The smallest absolute Gasteiger partial charge is 0.304 e. The maximum atomic E-state index is 11.3. The van der Waals surface area contributed by atoms with E-state index in [-0.39, 0.29) is 0 Å². The lowest BCUT2D eigenvalue weighted by Crippen LogP contribution is -2.19. The van der Waals surface area contributed by atoms with Crippen molar-refractivity contribution < 1.29 is 9.53 Å². The lowest BCUT2D eigenvalue weighted by Gasteiger charge is -2.18. The van der Waals surface area contributed by atoms with Gasteiger partial charge in [0.05, 0.1) is 0 Å². The van der Waals surface area contributed by atoms with Crippen LogP contribution < -0.4 is 4.90 Å². The van der Waals surface area contributed by atoms with Gasteiger partial charge in [-0.05, 0) is 6.07 Å². The summed E-state index contributed by atoms with van der Waals surface area (Å²) in [6.07, 6.45) is 0.772. The molecule has 0 radical (unpaired) electrons. The van der Waals surface area contributed by atoms with Crippen LogP contribution in [0.4, 0.5) is 5.95 Å². The second kappa shape index (κ2) is 5.92. The van der Waals surface area contributed by atoms with E-state index in [9.17, 15) is 4.79 Å². The molecular formula is C13H15ClN4O2. The van der Waals surface area contributed by atoms with Crippen LogP contribution >= 0.6 is 11.6 Å². The lowest BCUT2D eigenvalue weighted by atomic mass is 10.2. The Kier molecular flexibility index (Phi) is 4.24. The molecule has 0 saturated heterocycles. The third-order valence-electron chi connectivity index (χ3n) is 2.59. The zero-order valence-corrected chi connectivity index (χ0v) is 12.2. The monoisotopic (exact) mass is 294 g/mol. The Balaban J connectivity index is 2.41. The van der Waals surface area contributed by atoms with Crippen molar-refractivity contribution in [2.45, 2.75) is 13.2 Å². The Hall–Kier alpha value is -2.08. The Labute approximate surface area is 121 Å². The molecule has 0 aliphatic rings. The molecule has 1 heterocycles. The van der Waals surface area contributed by atoms with Crippen LogP contribution in [0.15, 0.2) is 30.6 Å². The second-order valence-electron chi connectivity index (χ2n) is 4.40. The molecule has 1 aromatic carbocycles. The summed E-state index contributed by atoms with van der Waals surface area (Å²) in [6.45, 7) is 1.34. The summed E-state index contributed by atoms with van der Waals surface area (Å²) in [5.74, 6) is 0.103. The summed E-state index contributed by atoms with van der Waals surface area (Å²) in [6, 6.07) is 7.15. The number of aromatic nitrogens is 3. The zero-order valence-electron chi connectivity index (χ0n) is 11.4. The molecule has 0 fully saturated rings. The van der Waals surface area contributed by atoms with Crippen LogP contribution in [0.1, 0.15) is 18.7 Å². The first kappa shape index (κ1) is 14.3. The van der Waals surface area contributed by atoms with E-state index in [2.05, 4.69) is 10.1 Å². The van der Waals surface area contributed by atoms with Crippen molar-refractivity contribution in [2.24, 2.45) is 0 Å². The normalized spacial score (nSPS) is 12.0. The van der Waals surface area contributed by atoms with Gasteiger partial charge in [-0.1, -0.05) is 29.8 Å². The van der Waals surface area contributed by atoms with E-state index < -0.39 is 12.2 Å². The van der Waals surface area contributed by atoms with Gasteiger partial charge in [0.1, 0.15) is 6.33 Å². The van der Waals surface area contributed by atoms with Crippen LogP contribution in [0.2, 0.25) is 5.02 Å². The highest BCUT2D eigenvalue weighted by Gasteiger charge is 2.21. The van der Waals surface area contributed by atoms with E-state index in [0.717, 1.165) is 0 Å². The Bertz CT molecular complexity index is 612. The molecule has 1 aromatic heterocycles. The van der Waals surface area contributed by atoms with Crippen molar-refractivity contribution in [1.29, 1.82) is 0 Å². The van der Waals surface area contributed by atoms with Gasteiger partial charge in [0, 0.05) is 31.6 Å². The molecule has 0 aliphatic heterocycles. The van der Waals surface area contributed by atoms with Crippen molar-refractivity contribution in [3.63, 3.8) is 0 Å². The summed E-state index contributed by atoms with van der Waals surface area (Å²) in [5, 5.41) is 4.78. The summed E-state index contributed by atoms with van der Waals surface area (Å²) >= 11 is 6.16. The van der Waals surface area contributed by atoms with Gasteiger partial charge in [-0.2, -0.15) is 0 Å². The predicted molar refractivity (Wildman–Crippen MR) is 75.7 cm³/mol. The number of halogens is 1. The number of hydrogen-bond acceptors (Lipinski definition) is 5. The minimum atomic E-state index is -0.734. The highest BCUT2D eigenvalue weighted by Crippen LogP contribution is 2.26. The van der Waals surface area contributed by atoms with Crippen LogP contribution in [0, 0.1) is 0 Å². The molecular weight excluding hydrogens is 280 g/mol. The van der Waals surface area contributed by atoms with Gasteiger partial charge in [-0.25, -0.2) is 9.67 Å². The van der Waals surface area contributed by atoms with Crippen LogP contribution in [0.5, 0.6) is 0 Å². The molecule has 0 bridgehead atoms. The number of benzene rings is 1. The summed E-state index contributed by atoms with van der Waals surface area (Å²) < 4.78 is 6.79. The molecule has 2 rings (SSSR count). The van der Waals surface area contributed by atoms with E-state index in [4.69, 9.17) is 16.3 Å². The van der Waals surface area contributed by atoms with Crippen LogP contribution in [0.25, 0.3) is 0 Å². The topological polar surface area (TPSA) is 60.3 Å². The molecule has 106 valence electrons. The van der Waals surface area contributed by atoms with Gasteiger partial charge in [0.2, 0.25) is 12.2 Å². The molecule has 7 heteroatoms. The van der Waals surface area contributed by atoms with Crippen molar-refractivity contribution >= 4 is 23.5 Å². The molecule has 1 unspecified atom stereocenters. The fraction of sp³-hybridized carbons (Fsp3) is 0.308. The van der Waals surface area contributed by atoms with Gasteiger partial charge in [0.15, 0.2) is 0 Å². The van der Waals surface area contributed by atoms with E-state index in [0.29, 0.717) is 16.5 Å². The molecule has 0 N–H and O–H groups in total. The average Bonchev–Trinajstić information content (AvgIpc) is 2.86. The molecule has 0 amide bonds. The molecule has 2 aromatic rings. The van der Waals surface area contributed by atoms with Crippen molar-refractivity contribution in [3.05, 3.63) is 41.2 Å². The molecule has 20 heavy (non-hydrogen) atoms. The fourth-order valence-electron chi connectivity index (χ4n) is 1.68. The van der Waals surface area contributed by atoms with Gasteiger partial charge >= 0.3 is 5.97 Å². The molecule has 0 saturated carbocycles. The van der Waals surface area contributed by atoms with Crippen molar-refractivity contribution in [3.8, 4) is 0 Å². The van der Waals surface area contributed by atoms with E-state index in [1.807, 2.05) is 26.2 Å². The maximum absolute atomic E-state index is 11.3. The minimum absolute atomic E-state index is 0.420. The highest BCUT2D eigenvalue weighted by atomic mass is 35.5. The van der Waals surface area contributed by atoms with Gasteiger partial charge in [-0.3, -0.25) is 4.79 Å². The van der Waals surface area contributed by atoms with E-state index in [1.54, 1.807) is 17.0 Å². The standard InChI is InChI=1S/C13H15ClN4O2/c1-9(19)20-12(10-6-4-5-7-11(10)14)18-8-15-13(16-18)17(2)3/h4-8,12H,1-3H3. The number of rotatable bonds is 4. The fourth-order valence-corrected chi connectivity index (χ4v) is 1.91. The number of carbonyl (C=O) groups excluding carboxylic acids is 1. The molecule has 0 aliphatic carbocycles. The first-order valence-electron chi connectivity index (χ1n) is 5.99. The lowest BCUT2D eigenvalue weighted by molar-refractivity contribution is -0.148. The predicted octanol–water partition coefficient (Wildman–Crippen LogP) is 2.11. The summed E-state index contributed by atoms with van der Waals surface area (Å²) in [4.78, 5) is 17.2. The minimum Gasteiger partial charge on any atom is -0.435 e. The van der Waals surface area contributed by atoms with E-state index in [1.165, 1.54) is 17.9 Å². The quantitative estimate of drug-likeness (QED) is 0.808. The summed E-state index contributed by atoms with van der Waals surface area (Å²) in [5.41, 5.74) is 0.652. The number of esters is 1. The third-order valence-corrected chi connectivity index (χ3v) is 2.93. The zero-order chi connectivity index (χ0) is 14.7. The van der Waals surface area contributed by atoms with Gasteiger partial charge in [0.25, 0.3) is 0 Å². The number of carbonyl (C=O) groups is 1. The van der Waals surface area contributed by atoms with Crippen molar-refractivity contribution in [1.82, 2.24) is 14.8 Å². The highest BCUT2D eigenvalue weighted by molar-refractivity contribution is 6.31. The summed E-state index contributed by atoms with van der Waals surface area (Å²) in [7, 11) is 3.66. The third kappa shape index (κ3) is 3.08. The SMILES string of the molecule is CC(=O)OC(c1ccccc1Cl)n1cnc(N(C)C)n1. The van der Waals surface area contributed by atoms with E-state index >= 15 is 0 Å². The van der Waals surface area contributed by atoms with Crippen LogP contribution in [-0.4, -0.2) is 34.8 Å². The number of hydrogen-bond donors (Lipinski definition) is 0. The Morgan fingerprint density at radius 2 is 2.10 bits per heavy atom. The first-order valence-corrected chi connectivity index (χ1v) is 6.37. The Morgan fingerprint density at radius 3 is 2.65 bits per heavy atom. The first-order chi connectivity index (χ1) is 9.49. The van der Waals surface area contributed by atoms with Crippen LogP contribution in [-0.2, 0) is 9.53 Å².